The van der Waals surface area contributed by atoms with Crippen LogP contribution in [0.25, 0.3) is 11.1 Å². The lowest BCUT2D eigenvalue weighted by Gasteiger charge is -2.27. The van der Waals surface area contributed by atoms with E-state index in [0.717, 1.165) is 28.7 Å². The normalized spacial score (nSPS) is 15.4. The van der Waals surface area contributed by atoms with Crippen LogP contribution in [0.4, 0.5) is 0 Å². The Morgan fingerprint density at radius 3 is 2.38 bits per heavy atom. The second-order valence-corrected chi connectivity index (χ2v) is 10.9. The highest BCUT2D eigenvalue weighted by atomic mass is 32.2. The van der Waals surface area contributed by atoms with E-state index in [1.165, 1.54) is 17.3 Å². The number of sulfone groups is 1. The van der Waals surface area contributed by atoms with Crippen LogP contribution in [0.5, 0.6) is 5.75 Å². The molecule has 32 heavy (non-hydrogen) atoms. The molecule has 1 aliphatic rings. The molecule has 2 amide bonds. The predicted octanol–water partition coefficient (Wildman–Crippen LogP) is 2.80. The molecule has 0 saturated carbocycles. The number of benzene rings is 2. The number of carbonyl (C=O) groups is 2. The second kappa shape index (κ2) is 8.91. The highest BCUT2D eigenvalue weighted by Gasteiger charge is 2.44. The van der Waals surface area contributed by atoms with E-state index in [4.69, 9.17) is 9.94 Å². The van der Waals surface area contributed by atoms with Gasteiger partial charge in [0.2, 0.25) is 0 Å². The van der Waals surface area contributed by atoms with Crippen LogP contribution in [-0.2, 0) is 21.2 Å². The van der Waals surface area contributed by atoms with Gasteiger partial charge in [0.15, 0.2) is 14.6 Å². The zero-order valence-corrected chi connectivity index (χ0v) is 19.4. The average Bonchev–Trinajstić information content (AvgIpc) is 3.05. The van der Waals surface area contributed by atoms with Crippen molar-refractivity contribution in [3.05, 3.63) is 53.6 Å². The minimum absolute atomic E-state index is 0.0566. The first-order valence-corrected chi connectivity index (χ1v) is 12.2. The number of hydroxylamine groups is 1. The van der Waals surface area contributed by atoms with E-state index in [-0.39, 0.29) is 25.0 Å². The smallest absolute Gasteiger partial charge is 0.264 e. The lowest BCUT2D eigenvalue weighted by atomic mass is 10.0. The topological polar surface area (TPSA) is 113 Å². The Labute approximate surface area is 188 Å². The van der Waals surface area contributed by atoms with Gasteiger partial charge in [0.25, 0.3) is 11.8 Å². The number of amides is 2. The van der Waals surface area contributed by atoms with Crippen LogP contribution in [-0.4, -0.2) is 54.0 Å². The summed E-state index contributed by atoms with van der Waals surface area (Å²) in [6.45, 7) is 5.54. The Hall–Kier alpha value is -2.91. The van der Waals surface area contributed by atoms with Crippen molar-refractivity contribution in [3.63, 3.8) is 0 Å². The predicted molar refractivity (Wildman–Crippen MR) is 120 cm³/mol. The third kappa shape index (κ3) is 4.63. The van der Waals surface area contributed by atoms with Crippen molar-refractivity contribution in [2.45, 2.75) is 44.6 Å². The third-order valence-electron chi connectivity index (χ3n) is 5.80. The second-order valence-electron chi connectivity index (χ2n) is 8.48. The van der Waals surface area contributed by atoms with Crippen LogP contribution >= 0.6 is 0 Å². The number of carbonyl (C=O) groups excluding carboxylic acids is 2. The molecule has 0 bridgehead atoms. The molecule has 2 aromatic rings. The van der Waals surface area contributed by atoms with Crippen molar-refractivity contribution in [1.82, 2.24) is 10.4 Å². The molecule has 2 N–H and O–H groups in total. The summed E-state index contributed by atoms with van der Waals surface area (Å²) in [5.74, 6) is -0.448. The molecule has 0 aliphatic carbocycles. The van der Waals surface area contributed by atoms with Crippen LogP contribution in [0.2, 0.25) is 0 Å². The molecule has 1 unspecified atom stereocenters. The molecule has 1 atom stereocenters. The van der Waals surface area contributed by atoms with Gasteiger partial charge in [-0.15, -0.1) is 0 Å². The molecule has 3 rings (SSSR count). The van der Waals surface area contributed by atoms with E-state index >= 15 is 0 Å². The van der Waals surface area contributed by atoms with Crippen molar-refractivity contribution in [2.75, 3.05) is 12.8 Å². The maximum absolute atomic E-state index is 12.8. The number of nitrogens with zero attached hydrogens (tertiary/aromatic N) is 1. The van der Waals surface area contributed by atoms with Crippen molar-refractivity contribution in [3.8, 4) is 16.9 Å². The molecule has 0 spiro atoms. The van der Waals surface area contributed by atoms with Crippen molar-refractivity contribution >= 4 is 21.7 Å². The SMILES string of the molecule is CC(C)Oc1ccc(-c2ccc3c(c2)CN(CCC(C)(C(=O)NO)S(C)(=O)=O)C3=O)cc1. The summed E-state index contributed by atoms with van der Waals surface area (Å²) in [4.78, 5) is 26.3. The van der Waals surface area contributed by atoms with E-state index in [1.807, 2.05) is 50.2 Å². The zero-order chi connectivity index (χ0) is 23.7. The Kier molecular flexibility index (Phi) is 6.61. The number of nitrogens with one attached hydrogen (secondary N) is 1. The van der Waals surface area contributed by atoms with Crippen LogP contribution < -0.4 is 10.2 Å². The van der Waals surface area contributed by atoms with Crippen LogP contribution in [0.1, 0.15) is 43.1 Å². The summed E-state index contributed by atoms with van der Waals surface area (Å²) in [7, 11) is -3.83. The van der Waals surface area contributed by atoms with Crippen LogP contribution in [0.3, 0.4) is 0 Å². The van der Waals surface area contributed by atoms with Gasteiger partial charge in [-0.1, -0.05) is 18.2 Å². The highest BCUT2D eigenvalue weighted by Crippen LogP contribution is 2.31. The van der Waals surface area contributed by atoms with Gasteiger partial charge in [-0.2, -0.15) is 0 Å². The number of fused-ring (bicyclic) bond motifs is 1. The summed E-state index contributed by atoms with van der Waals surface area (Å²) in [6.07, 6.45) is 0.889. The molecular weight excluding hydrogens is 432 g/mol. The van der Waals surface area contributed by atoms with Crippen molar-refractivity contribution in [1.29, 1.82) is 0 Å². The quantitative estimate of drug-likeness (QED) is 0.463. The fourth-order valence-corrected chi connectivity index (χ4v) is 4.52. The van der Waals surface area contributed by atoms with E-state index in [9.17, 15) is 18.0 Å². The Morgan fingerprint density at radius 2 is 1.81 bits per heavy atom. The van der Waals surface area contributed by atoms with E-state index < -0.39 is 20.5 Å². The summed E-state index contributed by atoms with van der Waals surface area (Å²) in [5.41, 5.74) is 4.76. The molecule has 2 aromatic carbocycles. The molecule has 1 heterocycles. The average molecular weight is 461 g/mol. The molecule has 1 aliphatic heterocycles. The van der Waals surface area contributed by atoms with E-state index in [2.05, 4.69) is 0 Å². The van der Waals surface area contributed by atoms with Gasteiger partial charge in [0.05, 0.1) is 6.10 Å². The van der Waals surface area contributed by atoms with Gasteiger partial charge in [0, 0.05) is 24.9 Å². The number of rotatable bonds is 8. The number of hydrogen-bond acceptors (Lipinski definition) is 6. The van der Waals surface area contributed by atoms with Crippen LogP contribution in [0.15, 0.2) is 42.5 Å². The molecule has 8 nitrogen and oxygen atoms in total. The summed E-state index contributed by atoms with van der Waals surface area (Å²) in [6, 6.07) is 13.3. The van der Waals surface area contributed by atoms with Gasteiger partial charge in [-0.3, -0.25) is 14.8 Å². The lowest BCUT2D eigenvalue weighted by molar-refractivity contribution is -0.131. The Balaban J connectivity index is 1.76. The Bertz CT molecular complexity index is 1130. The molecule has 0 saturated heterocycles. The van der Waals surface area contributed by atoms with Gasteiger partial charge >= 0.3 is 0 Å². The number of ether oxygens (including phenoxy) is 1. The summed E-state index contributed by atoms with van der Waals surface area (Å²) in [5, 5.41) is 8.97. The molecule has 172 valence electrons. The first kappa shape index (κ1) is 23.7. The van der Waals surface area contributed by atoms with Gasteiger partial charge in [-0.25, -0.2) is 13.9 Å². The fraction of sp³-hybridized carbons (Fsp3) is 0.391. The minimum Gasteiger partial charge on any atom is -0.491 e. The Morgan fingerprint density at radius 1 is 1.19 bits per heavy atom. The monoisotopic (exact) mass is 460 g/mol. The van der Waals surface area contributed by atoms with Crippen LogP contribution in [0, 0.1) is 0 Å². The maximum atomic E-state index is 12.8. The summed E-state index contributed by atoms with van der Waals surface area (Å²) >= 11 is 0. The summed E-state index contributed by atoms with van der Waals surface area (Å²) < 4.78 is 28.1. The van der Waals surface area contributed by atoms with Crippen molar-refractivity contribution in [2.24, 2.45) is 0 Å². The standard InChI is InChI=1S/C23H28N2O6S/c1-15(2)31-19-8-5-16(6-9-19)17-7-10-20-18(13-17)14-25(21(20)26)12-11-23(3,22(27)24-28)32(4,29)30/h5-10,13,15,28H,11-12,14H2,1-4H3,(H,24,27). The first-order chi connectivity index (χ1) is 15.0. The first-order valence-electron chi connectivity index (χ1n) is 10.3. The van der Waals surface area contributed by atoms with Gasteiger partial charge in [0.1, 0.15) is 5.75 Å². The number of hydrogen-bond donors (Lipinski definition) is 2. The zero-order valence-electron chi connectivity index (χ0n) is 18.6. The van der Waals surface area contributed by atoms with Gasteiger partial charge in [-0.05, 0) is 68.1 Å². The largest absolute Gasteiger partial charge is 0.491 e. The molecular formula is C23H28N2O6S. The molecule has 0 fully saturated rings. The third-order valence-corrected chi connectivity index (χ3v) is 7.83. The highest BCUT2D eigenvalue weighted by molar-refractivity contribution is 7.92. The lowest BCUT2D eigenvalue weighted by Crippen LogP contribution is -2.50. The van der Waals surface area contributed by atoms with Crippen molar-refractivity contribution < 1.29 is 28.0 Å². The minimum atomic E-state index is -3.83. The van der Waals surface area contributed by atoms with E-state index in [1.54, 1.807) is 6.07 Å². The molecule has 9 heteroatoms. The fourth-order valence-electron chi connectivity index (χ4n) is 3.67. The van der Waals surface area contributed by atoms with E-state index in [0.29, 0.717) is 12.1 Å². The molecule has 0 radical (unpaired) electrons. The van der Waals surface area contributed by atoms with Gasteiger partial charge < -0.3 is 9.64 Å². The maximum Gasteiger partial charge on any atom is 0.264 e. The molecule has 0 aromatic heterocycles.